The number of rotatable bonds is 2. The average Bonchev–Trinajstić information content (AvgIpc) is 2.02. The normalized spacial score (nSPS) is 11.8. The Morgan fingerprint density at radius 2 is 1.77 bits per heavy atom. The first-order valence-electron chi connectivity index (χ1n) is 4.43. The minimum Gasteiger partial charge on any atom is -0.372 e. The zero-order valence-electron chi connectivity index (χ0n) is 8.39. The number of hydrogen-bond donors (Lipinski definition) is 1. The van der Waals surface area contributed by atoms with E-state index in [1.54, 1.807) is 0 Å². The SMILES string of the molecule is C#CC(C)Nc1cc(C)cc(C)c1. The fourth-order valence-electron chi connectivity index (χ4n) is 1.35. The minimum atomic E-state index is 0.0844. The van der Waals surface area contributed by atoms with Crippen LogP contribution in [0.2, 0.25) is 0 Å². The van der Waals surface area contributed by atoms with Gasteiger partial charge in [-0.1, -0.05) is 12.0 Å². The van der Waals surface area contributed by atoms with Gasteiger partial charge < -0.3 is 5.32 Å². The van der Waals surface area contributed by atoms with Gasteiger partial charge in [0.15, 0.2) is 0 Å². The summed E-state index contributed by atoms with van der Waals surface area (Å²) in [7, 11) is 0. The molecular weight excluding hydrogens is 158 g/mol. The van der Waals surface area contributed by atoms with Crippen molar-refractivity contribution in [3.8, 4) is 12.3 Å². The first-order chi connectivity index (χ1) is 6.11. The molecule has 1 rings (SSSR count). The van der Waals surface area contributed by atoms with E-state index < -0.39 is 0 Å². The predicted molar refractivity (Wildman–Crippen MR) is 57.8 cm³/mol. The van der Waals surface area contributed by atoms with E-state index in [2.05, 4.69) is 43.3 Å². The second-order valence-electron chi connectivity index (χ2n) is 3.41. The fraction of sp³-hybridized carbons (Fsp3) is 0.333. The molecule has 0 saturated carbocycles. The number of hydrogen-bond acceptors (Lipinski definition) is 1. The Balaban J connectivity index is 2.84. The van der Waals surface area contributed by atoms with Gasteiger partial charge in [-0.05, 0) is 44.0 Å². The van der Waals surface area contributed by atoms with Gasteiger partial charge in [-0.25, -0.2) is 0 Å². The molecule has 0 fully saturated rings. The molecule has 0 amide bonds. The van der Waals surface area contributed by atoms with Crippen LogP contribution in [0.5, 0.6) is 0 Å². The van der Waals surface area contributed by atoms with E-state index in [-0.39, 0.29) is 6.04 Å². The minimum absolute atomic E-state index is 0.0844. The van der Waals surface area contributed by atoms with E-state index in [0.29, 0.717) is 0 Å². The van der Waals surface area contributed by atoms with Gasteiger partial charge in [-0.2, -0.15) is 0 Å². The molecule has 0 aliphatic rings. The summed E-state index contributed by atoms with van der Waals surface area (Å²) in [4.78, 5) is 0. The zero-order valence-corrected chi connectivity index (χ0v) is 8.39. The van der Waals surface area contributed by atoms with E-state index in [1.807, 2.05) is 6.92 Å². The monoisotopic (exact) mass is 173 g/mol. The van der Waals surface area contributed by atoms with E-state index in [9.17, 15) is 0 Å². The Morgan fingerprint density at radius 1 is 1.23 bits per heavy atom. The van der Waals surface area contributed by atoms with Gasteiger partial charge in [0.25, 0.3) is 0 Å². The maximum Gasteiger partial charge on any atom is 0.0845 e. The second-order valence-corrected chi connectivity index (χ2v) is 3.41. The number of aryl methyl sites for hydroxylation is 2. The van der Waals surface area contributed by atoms with Crippen LogP contribution in [0.1, 0.15) is 18.1 Å². The zero-order chi connectivity index (χ0) is 9.84. The topological polar surface area (TPSA) is 12.0 Å². The molecule has 0 radical (unpaired) electrons. The molecule has 0 aromatic heterocycles. The average molecular weight is 173 g/mol. The molecule has 1 aromatic carbocycles. The maximum absolute atomic E-state index is 5.28. The first-order valence-corrected chi connectivity index (χ1v) is 4.43. The smallest absolute Gasteiger partial charge is 0.0845 e. The maximum atomic E-state index is 5.28. The molecular formula is C12H15N. The fourth-order valence-corrected chi connectivity index (χ4v) is 1.35. The molecule has 13 heavy (non-hydrogen) atoms. The van der Waals surface area contributed by atoms with Crippen LogP contribution in [0.3, 0.4) is 0 Å². The highest BCUT2D eigenvalue weighted by Crippen LogP contribution is 2.14. The summed E-state index contributed by atoms with van der Waals surface area (Å²) in [6, 6.07) is 6.43. The quantitative estimate of drug-likeness (QED) is 0.678. The van der Waals surface area contributed by atoms with Gasteiger partial charge in [0.2, 0.25) is 0 Å². The molecule has 0 bridgehead atoms. The van der Waals surface area contributed by atoms with Crippen LogP contribution in [0, 0.1) is 26.2 Å². The van der Waals surface area contributed by atoms with Crippen molar-refractivity contribution in [1.29, 1.82) is 0 Å². The summed E-state index contributed by atoms with van der Waals surface area (Å²) in [6.07, 6.45) is 5.28. The molecule has 0 spiro atoms. The lowest BCUT2D eigenvalue weighted by Crippen LogP contribution is -2.11. The molecule has 0 aliphatic carbocycles. The van der Waals surface area contributed by atoms with Crippen LogP contribution >= 0.6 is 0 Å². The highest BCUT2D eigenvalue weighted by Gasteiger charge is 1.98. The Labute approximate surface area is 80.2 Å². The Kier molecular flexibility index (Phi) is 2.97. The van der Waals surface area contributed by atoms with E-state index in [4.69, 9.17) is 6.42 Å². The van der Waals surface area contributed by atoms with E-state index >= 15 is 0 Å². The lowest BCUT2D eigenvalue weighted by Gasteiger charge is -2.10. The largest absolute Gasteiger partial charge is 0.372 e. The van der Waals surface area contributed by atoms with Crippen molar-refractivity contribution in [3.63, 3.8) is 0 Å². The van der Waals surface area contributed by atoms with Gasteiger partial charge >= 0.3 is 0 Å². The molecule has 1 heteroatoms. The third-order valence-corrected chi connectivity index (χ3v) is 1.85. The summed E-state index contributed by atoms with van der Waals surface area (Å²) in [6.45, 7) is 6.13. The van der Waals surface area contributed by atoms with Gasteiger partial charge in [0.05, 0.1) is 6.04 Å². The molecule has 0 saturated heterocycles. The van der Waals surface area contributed by atoms with Crippen molar-refractivity contribution >= 4 is 5.69 Å². The lowest BCUT2D eigenvalue weighted by molar-refractivity contribution is 1.03. The third-order valence-electron chi connectivity index (χ3n) is 1.85. The molecule has 0 heterocycles. The summed E-state index contributed by atoms with van der Waals surface area (Å²) in [5, 5.41) is 3.24. The highest BCUT2D eigenvalue weighted by atomic mass is 14.9. The van der Waals surface area contributed by atoms with Crippen LogP contribution in [0.4, 0.5) is 5.69 Å². The first kappa shape index (κ1) is 9.67. The molecule has 1 N–H and O–H groups in total. The third kappa shape index (κ3) is 2.83. The Morgan fingerprint density at radius 3 is 2.23 bits per heavy atom. The second kappa shape index (κ2) is 4.00. The van der Waals surface area contributed by atoms with Gasteiger partial charge in [-0.3, -0.25) is 0 Å². The van der Waals surface area contributed by atoms with Gasteiger partial charge in [0.1, 0.15) is 0 Å². The number of benzene rings is 1. The molecule has 1 unspecified atom stereocenters. The molecule has 1 atom stereocenters. The standard InChI is InChI=1S/C12H15N/c1-5-11(4)13-12-7-9(2)6-10(3)8-12/h1,6-8,11,13H,2-4H3. The summed E-state index contributed by atoms with van der Waals surface area (Å²) < 4.78 is 0. The number of nitrogens with one attached hydrogen (secondary N) is 1. The summed E-state index contributed by atoms with van der Waals surface area (Å²) in [5.41, 5.74) is 3.61. The van der Waals surface area contributed by atoms with E-state index in [1.165, 1.54) is 11.1 Å². The van der Waals surface area contributed by atoms with Gasteiger partial charge in [-0.15, -0.1) is 6.42 Å². The molecule has 0 aliphatic heterocycles. The van der Waals surface area contributed by atoms with Gasteiger partial charge in [0, 0.05) is 5.69 Å². The van der Waals surface area contributed by atoms with Crippen LogP contribution in [-0.4, -0.2) is 6.04 Å². The highest BCUT2D eigenvalue weighted by molar-refractivity contribution is 5.49. The van der Waals surface area contributed by atoms with Crippen molar-refractivity contribution in [2.45, 2.75) is 26.8 Å². The van der Waals surface area contributed by atoms with Crippen LogP contribution in [0.15, 0.2) is 18.2 Å². The van der Waals surface area contributed by atoms with Crippen LogP contribution in [-0.2, 0) is 0 Å². The molecule has 68 valence electrons. The van der Waals surface area contributed by atoms with Crippen molar-refractivity contribution in [3.05, 3.63) is 29.3 Å². The van der Waals surface area contributed by atoms with Crippen molar-refractivity contribution in [1.82, 2.24) is 0 Å². The number of anilines is 1. The van der Waals surface area contributed by atoms with Crippen molar-refractivity contribution < 1.29 is 0 Å². The summed E-state index contributed by atoms with van der Waals surface area (Å²) >= 11 is 0. The van der Waals surface area contributed by atoms with Crippen LogP contribution < -0.4 is 5.32 Å². The Hall–Kier alpha value is -1.42. The van der Waals surface area contributed by atoms with Crippen molar-refractivity contribution in [2.75, 3.05) is 5.32 Å². The molecule has 1 nitrogen and oxygen atoms in total. The number of terminal acetylenes is 1. The molecule has 1 aromatic rings. The van der Waals surface area contributed by atoms with Crippen LogP contribution in [0.25, 0.3) is 0 Å². The Bertz CT molecular complexity index is 313. The lowest BCUT2D eigenvalue weighted by atomic mass is 10.1. The summed E-state index contributed by atoms with van der Waals surface area (Å²) in [5.74, 6) is 2.64. The van der Waals surface area contributed by atoms with Crippen molar-refractivity contribution in [2.24, 2.45) is 0 Å². The van der Waals surface area contributed by atoms with E-state index in [0.717, 1.165) is 5.69 Å². The predicted octanol–water partition coefficient (Wildman–Crippen LogP) is 2.74.